The van der Waals surface area contributed by atoms with Crippen LogP contribution in [-0.4, -0.2) is 55.2 Å². The Morgan fingerprint density at radius 3 is 2.44 bits per heavy atom. The van der Waals surface area contributed by atoms with Crippen LogP contribution >= 0.6 is 0 Å². The van der Waals surface area contributed by atoms with E-state index in [2.05, 4.69) is 13.8 Å². The molecule has 32 heavy (non-hydrogen) atoms. The lowest BCUT2D eigenvalue weighted by atomic mass is 9.93. The number of amides is 1. The SMILES string of the molecule is COCCN1C(=O)C(=O)/C(=C(/O)c2ccc3c(c2)OCCO3)C1c1ccc(C(C)C)cc1. The largest absolute Gasteiger partial charge is 0.507 e. The Morgan fingerprint density at radius 2 is 1.78 bits per heavy atom. The third kappa shape index (κ3) is 3.96. The average molecular weight is 437 g/mol. The number of methoxy groups -OCH3 is 1. The number of likely N-dealkylation sites (tertiary alicyclic amines) is 1. The molecule has 1 atom stereocenters. The highest BCUT2D eigenvalue weighted by molar-refractivity contribution is 6.46. The second-order valence-electron chi connectivity index (χ2n) is 8.17. The molecule has 1 N–H and O–H groups in total. The van der Waals surface area contributed by atoms with E-state index in [1.165, 1.54) is 12.0 Å². The van der Waals surface area contributed by atoms with Crippen LogP contribution in [0, 0.1) is 0 Å². The Labute approximate surface area is 187 Å². The fraction of sp³-hybridized carbons (Fsp3) is 0.360. The van der Waals surface area contributed by atoms with Crippen molar-refractivity contribution in [2.45, 2.75) is 25.8 Å². The van der Waals surface area contributed by atoms with Gasteiger partial charge in [-0.05, 0) is 35.2 Å². The van der Waals surface area contributed by atoms with Crippen molar-refractivity contribution in [2.75, 3.05) is 33.5 Å². The molecule has 7 heteroatoms. The Hall–Kier alpha value is -3.32. The summed E-state index contributed by atoms with van der Waals surface area (Å²) in [5.74, 6) is -0.189. The molecule has 0 aromatic heterocycles. The molecule has 1 fully saturated rings. The number of aliphatic hydroxyl groups is 1. The smallest absolute Gasteiger partial charge is 0.295 e. The van der Waals surface area contributed by atoms with Gasteiger partial charge < -0.3 is 24.2 Å². The van der Waals surface area contributed by atoms with E-state index in [0.717, 1.165) is 11.1 Å². The summed E-state index contributed by atoms with van der Waals surface area (Å²) in [5, 5.41) is 11.2. The van der Waals surface area contributed by atoms with E-state index in [0.29, 0.717) is 36.2 Å². The monoisotopic (exact) mass is 437 g/mol. The molecule has 1 amide bonds. The number of rotatable bonds is 6. The molecule has 2 aromatic rings. The molecule has 0 bridgehead atoms. The van der Waals surface area contributed by atoms with Crippen LogP contribution in [0.3, 0.4) is 0 Å². The first-order valence-corrected chi connectivity index (χ1v) is 10.7. The predicted molar refractivity (Wildman–Crippen MR) is 119 cm³/mol. The van der Waals surface area contributed by atoms with E-state index in [9.17, 15) is 14.7 Å². The average Bonchev–Trinajstić information content (AvgIpc) is 3.06. The first kappa shape index (κ1) is 21.9. The van der Waals surface area contributed by atoms with E-state index in [1.54, 1.807) is 18.2 Å². The van der Waals surface area contributed by atoms with Crippen LogP contribution in [-0.2, 0) is 14.3 Å². The summed E-state index contributed by atoms with van der Waals surface area (Å²) >= 11 is 0. The van der Waals surface area contributed by atoms with Gasteiger partial charge in [0, 0.05) is 19.2 Å². The maximum absolute atomic E-state index is 13.0. The number of hydrogen-bond donors (Lipinski definition) is 1. The number of aliphatic hydroxyl groups excluding tert-OH is 1. The fourth-order valence-corrected chi connectivity index (χ4v) is 4.06. The molecular formula is C25H27NO6. The maximum Gasteiger partial charge on any atom is 0.295 e. The van der Waals surface area contributed by atoms with Gasteiger partial charge in [0.15, 0.2) is 11.5 Å². The van der Waals surface area contributed by atoms with Gasteiger partial charge in [-0.25, -0.2) is 0 Å². The molecule has 0 saturated carbocycles. The third-order valence-corrected chi connectivity index (χ3v) is 5.81. The van der Waals surface area contributed by atoms with Crippen LogP contribution in [0.25, 0.3) is 5.76 Å². The van der Waals surface area contributed by atoms with Crippen molar-refractivity contribution in [3.8, 4) is 11.5 Å². The number of ether oxygens (including phenoxy) is 3. The normalized spacial score (nSPS) is 19.6. The first-order valence-electron chi connectivity index (χ1n) is 10.7. The lowest BCUT2D eigenvalue weighted by Crippen LogP contribution is -2.32. The number of ketones is 1. The number of carbonyl (C=O) groups is 2. The zero-order chi connectivity index (χ0) is 22.8. The summed E-state index contributed by atoms with van der Waals surface area (Å²) in [6.07, 6.45) is 0. The van der Waals surface area contributed by atoms with Crippen molar-refractivity contribution < 1.29 is 28.9 Å². The van der Waals surface area contributed by atoms with Gasteiger partial charge in [-0.2, -0.15) is 0 Å². The molecule has 168 valence electrons. The number of nitrogens with zero attached hydrogens (tertiary/aromatic N) is 1. The van der Waals surface area contributed by atoms with Crippen molar-refractivity contribution in [2.24, 2.45) is 0 Å². The van der Waals surface area contributed by atoms with Gasteiger partial charge in [0.1, 0.15) is 19.0 Å². The Morgan fingerprint density at radius 1 is 1.09 bits per heavy atom. The zero-order valence-corrected chi connectivity index (χ0v) is 18.5. The van der Waals surface area contributed by atoms with Crippen LogP contribution < -0.4 is 9.47 Å². The molecule has 0 aliphatic carbocycles. The van der Waals surface area contributed by atoms with Gasteiger partial charge in [-0.15, -0.1) is 0 Å². The van der Waals surface area contributed by atoms with E-state index >= 15 is 0 Å². The Kier molecular flexibility index (Phi) is 6.19. The van der Waals surface area contributed by atoms with Crippen molar-refractivity contribution >= 4 is 17.4 Å². The second kappa shape index (κ2) is 9.04. The van der Waals surface area contributed by atoms with Gasteiger partial charge in [0.05, 0.1) is 18.2 Å². The molecular weight excluding hydrogens is 410 g/mol. The standard InChI is InChI=1S/C25H27NO6/c1-15(2)16-4-6-17(7-5-16)22-21(24(28)25(29)26(22)10-11-30-3)23(27)18-8-9-19-20(14-18)32-13-12-31-19/h4-9,14-15,22,27H,10-13H2,1-3H3/b23-21+. The summed E-state index contributed by atoms with van der Waals surface area (Å²) in [6.45, 7) is 5.56. The number of benzene rings is 2. The third-order valence-electron chi connectivity index (χ3n) is 5.81. The summed E-state index contributed by atoms with van der Waals surface area (Å²) in [4.78, 5) is 27.4. The van der Waals surface area contributed by atoms with Gasteiger partial charge in [0.2, 0.25) is 0 Å². The fourth-order valence-electron chi connectivity index (χ4n) is 4.06. The van der Waals surface area contributed by atoms with E-state index < -0.39 is 17.7 Å². The molecule has 4 rings (SSSR count). The number of fused-ring (bicyclic) bond motifs is 1. The number of carbonyl (C=O) groups excluding carboxylic acids is 2. The predicted octanol–water partition coefficient (Wildman–Crippen LogP) is 3.65. The van der Waals surface area contributed by atoms with Crippen molar-refractivity contribution in [3.05, 3.63) is 64.7 Å². The topological polar surface area (TPSA) is 85.3 Å². The van der Waals surface area contributed by atoms with Crippen molar-refractivity contribution in [1.82, 2.24) is 4.90 Å². The summed E-state index contributed by atoms with van der Waals surface area (Å²) < 4.78 is 16.3. The van der Waals surface area contributed by atoms with Crippen molar-refractivity contribution in [3.63, 3.8) is 0 Å². The lowest BCUT2D eigenvalue weighted by Gasteiger charge is -2.25. The summed E-state index contributed by atoms with van der Waals surface area (Å²) in [5.41, 5.74) is 2.35. The quantitative estimate of drug-likeness (QED) is 0.422. The number of hydrogen-bond acceptors (Lipinski definition) is 6. The minimum absolute atomic E-state index is 0.0556. The Bertz CT molecular complexity index is 1060. The van der Waals surface area contributed by atoms with Gasteiger partial charge in [0.25, 0.3) is 11.7 Å². The van der Waals surface area contributed by atoms with E-state index in [4.69, 9.17) is 14.2 Å². The summed E-state index contributed by atoms with van der Waals surface area (Å²) in [7, 11) is 1.54. The highest BCUT2D eigenvalue weighted by atomic mass is 16.6. The van der Waals surface area contributed by atoms with E-state index in [1.807, 2.05) is 24.3 Å². The minimum Gasteiger partial charge on any atom is -0.507 e. The van der Waals surface area contributed by atoms with Gasteiger partial charge in [-0.1, -0.05) is 38.1 Å². The van der Waals surface area contributed by atoms with Crippen molar-refractivity contribution in [1.29, 1.82) is 0 Å². The molecule has 1 saturated heterocycles. The molecule has 2 aliphatic rings. The van der Waals surface area contributed by atoms with Crippen LogP contribution in [0.1, 0.15) is 42.5 Å². The zero-order valence-electron chi connectivity index (χ0n) is 18.5. The molecule has 2 aliphatic heterocycles. The van der Waals surface area contributed by atoms with Crippen LogP contribution in [0.15, 0.2) is 48.0 Å². The summed E-state index contributed by atoms with van der Waals surface area (Å²) in [6, 6.07) is 12.1. The van der Waals surface area contributed by atoms with Crippen LogP contribution in [0.4, 0.5) is 0 Å². The van der Waals surface area contributed by atoms with Gasteiger partial charge >= 0.3 is 0 Å². The van der Waals surface area contributed by atoms with Gasteiger partial charge in [-0.3, -0.25) is 9.59 Å². The van der Waals surface area contributed by atoms with E-state index in [-0.39, 0.29) is 24.5 Å². The number of Topliss-reactive ketones (excluding diaryl/α,β-unsaturated/α-hetero) is 1. The highest BCUT2D eigenvalue weighted by Gasteiger charge is 2.46. The highest BCUT2D eigenvalue weighted by Crippen LogP contribution is 2.41. The first-order chi connectivity index (χ1) is 15.4. The van der Waals surface area contributed by atoms with Crippen LogP contribution in [0.2, 0.25) is 0 Å². The van der Waals surface area contributed by atoms with Crippen LogP contribution in [0.5, 0.6) is 11.5 Å². The molecule has 0 spiro atoms. The maximum atomic E-state index is 13.0. The molecule has 2 aromatic carbocycles. The minimum atomic E-state index is -0.716. The second-order valence-corrected chi connectivity index (χ2v) is 8.17. The molecule has 2 heterocycles. The molecule has 0 radical (unpaired) electrons. The Balaban J connectivity index is 1.81. The molecule has 1 unspecified atom stereocenters. The molecule has 7 nitrogen and oxygen atoms in total. The lowest BCUT2D eigenvalue weighted by molar-refractivity contribution is -0.140.